The van der Waals surface area contributed by atoms with Gasteiger partial charge in [-0.3, -0.25) is 4.68 Å². The molecule has 4 nitrogen and oxygen atoms in total. The lowest BCUT2D eigenvalue weighted by Crippen LogP contribution is -2.22. The SMILES string of the molecule is CCc1c(C)nn(C(C(=O)O)c2ccccc2)c1C. The first kappa shape index (κ1) is 13.3. The van der Waals surface area contributed by atoms with E-state index in [2.05, 4.69) is 12.0 Å². The van der Waals surface area contributed by atoms with Crippen molar-refractivity contribution in [1.29, 1.82) is 0 Å². The van der Waals surface area contributed by atoms with Crippen molar-refractivity contribution in [3.8, 4) is 0 Å². The van der Waals surface area contributed by atoms with E-state index < -0.39 is 12.0 Å². The van der Waals surface area contributed by atoms with Crippen LogP contribution >= 0.6 is 0 Å². The van der Waals surface area contributed by atoms with Crippen molar-refractivity contribution in [2.75, 3.05) is 0 Å². The first-order valence-electron chi connectivity index (χ1n) is 6.38. The zero-order valence-electron chi connectivity index (χ0n) is 11.4. The Morgan fingerprint density at radius 3 is 2.42 bits per heavy atom. The Balaban J connectivity index is 2.55. The van der Waals surface area contributed by atoms with Crippen LogP contribution < -0.4 is 0 Å². The molecule has 1 N–H and O–H groups in total. The minimum atomic E-state index is -0.889. The van der Waals surface area contributed by atoms with Gasteiger partial charge >= 0.3 is 5.97 Å². The van der Waals surface area contributed by atoms with Gasteiger partial charge in [0.2, 0.25) is 0 Å². The van der Waals surface area contributed by atoms with Crippen molar-refractivity contribution >= 4 is 5.97 Å². The Hall–Kier alpha value is -2.10. The molecular weight excluding hydrogens is 240 g/mol. The van der Waals surface area contributed by atoms with E-state index >= 15 is 0 Å². The minimum absolute atomic E-state index is 0.739. The molecule has 100 valence electrons. The van der Waals surface area contributed by atoms with Crippen LogP contribution in [0.5, 0.6) is 0 Å². The smallest absolute Gasteiger partial charge is 0.333 e. The molecule has 0 radical (unpaired) electrons. The first-order chi connectivity index (χ1) is 9.06. The zero-order chi connectivity index (χ0) is 14.0. The molecule has 0 fully saturated rings. The van der Waals surface area contributed by atoms with E-state index in [4.69, 9.17) is 0 Å². The standard InChI is InChI=1S/C15H18N2O2/c1-4-13-10(2)16-17(11(13)3)14(15(18)19)12-8-6-5-7-9-12/h5-9,14H,4H2,1-3H3,(H,18,19). The van der Waals surface area contributed by atoms with Crippen LogP contribution in [0.2, 0.25) is 0 Å². The molecule has 2 aromatic rings. The third-order valence-corrected chi connectivity index (χ3v) is 3.42. The molecule has 0 saturated carbocycles. The molecule has 4 heteroatoms. The summed E-state index contributed by atoms with van der Waals surface area (Å²) in [5.41, 5.74) is 3.70. The molecule has 0 spiro atoms. The highest BCUT2D eigenvalue weighted by Crippen LogP contribution is 2.23. The summed E-state index contributed by atoms with van der Waals surface area (Å²) in [7, 11) is 0. The van der Waals surface area contributed by atoms with Crippen molar-refractivity contribution in [3.05, 3.63) is 52.8 Å². The maximum Gasteiger partial charge on any atom is 0.333 e. The number of carboxylic acid groups (broad SMARTS) is 1. The Bertz CT molecular complexity index is 588. The number of nitrogens with zero attached hydrogens (tertiary/aromatic N) is 2. The number of aromatic nitrogens is 2. The van der Waals surface area contributed by atoms with Gasteiger partial charge < -0.3 is 5.11 Å². The molecule has 0 aliphatic rings. The number of benzene rings is 1. The molecule has 0 aliphatic carbocycles. The normalized spacial score (nSPS) is 12.4. The molecule has 1 unspecified atom stereocenters. The van der Waals surface area contributed by atoms with Crippen LogP contribution in [0, 0.1) is 13.8 Å². The summed E-state index contributed by atoms with van der Waals surface area (Å²) in [6.45, 7) is 5.91. The van der Waals surface area contributed by atoms with E-state index in [0.717, 1.165) is 28.9 Å². The molecular formula is C15H18N2O2. The highest BCUT2D eigenvalue weighted by Gasteiger charge is 2.25. The third kappa shape index (κ3) is 2.38. The lowest BCUT2D eigenvalue weighted by molar-refractivity contribution is -0.139. The van der Waals surface area contributed by atoms with Gasteiger partial charge in [-0.15, -0.1) is 0 Å². The fourth-order valence-electron chi connectivity index (χ4n) is 2.48. The van der Waals surface area contributed by atoms with Crippen molar-refractivity contribution in [2.45, 2.75) is 33.2 Å². The fraction of sp³-hybridized carbons (Fsp3) is 0.333. The predicted octanol–water partition coefficient (Wildman–Crippen LogP) is 2.74. The van der Waals surface area contributed by atoms with Crippen LogP contribution in [0.1, 0.15) is 35.5 Å². The van der Waals surface area contributed by atoms with Gasteiger partial charge in [0.15, 0.2) is 6.04 Å². The van der Waals surface area contributed by atoms with Crippen LogP contribution in [0.15, 0.2) is 30.3 Å². The van der Waals surface area contributed by atoms with Gasteiger partial charge in [-0.1, -0.05) is 37.3 Å². The Morgan fingerprint density at radius 1 is 1.32 bits per heavy atom. The van der Waals surface area contributed by atoms with Gasteiger partial charge in [-0.25, -0.2) is 4.79 Å². The molecule has 2 rings (SSSR count). The van der Waals surface area contributed by atoms with Crippen LogP contribution in [-0.2, 0) is 11.2 Å². The number of hydrogen-bond donors (Lipinski definition) is 1. The molecule has 0 bridgehead atoms. The lowest BCUT2D eigenvalue weighted by Gasteiger charge is -2.15. The second-order valence-corrected chi connectivity index (χ2v) is 4.60. The van der Waals surface area contributed by atoms with Gasteiger partial charge in [-0.2, -0.15) is 5.10 Å². The maximum atomic E-state index is 11.6. The molecule has 1 aromatic carbocycles. The van der Waals surface area contributed by atoms with E-state index in [1.807, 2.05) is 44.2 Å². The summed E-state index contributed by atoms with van der Waals surface area (Å²) in [4.78, 5) is 11.6. The van der Waals surface area contributed by atoms with E-state index in [0.29, 0.717) is 0 Å². The van der Waals surface area contributed by atoms with Crippen LogP contribution in [-0.4, -0.2) is 20.9 Å². The van der Waals surface area contributed by atoms with Crippen molar-refractivity contribution in [2.24, 2.45) is 0 Å². The maximum absolute atomic E-state index is 11.6. The number of carbonyl (C=O) groups is 1. The van der Waals surface area contributed by atoms with Crippen LogP contribution in [0.4, 0.5) is 0 Å². The molecule has 1 atom stereocenters. The fourth-order valence-corrected chi connectivity index (χ4v) is 2.48. The predicted molar refractivity (Wildman–Crippen MR) is 73.3 cm³/mol. The molecule has 1 aromatic heterocycles. The van der Waals surface area contributed by atoms with Crippen LogP contribution in [0.3, 0.4) is 0 Å². The average Bonchev–Trinajstić information content (AvgIpc) is 2.66. The zero-order valence-corrected chi connectivity index (χ0v) is 11.4. The summed E-state index contributed by atoms with van der Waals surface area (Å²) >= 11 is 0. The van der Waals surface area contributed by atoms with E-state index in [9.17, 15) is 9.90 Å². The Morgan fingerprint density at radius 2 is 1.95 bits per heavy atom. The second-order valence-electron chi connectivity index (χ2n) is 4.60. The highest BCUT2D eigenvalue weighted by molar-refractivity contribution is 5.76. The van der Waals surface area contributed by atoms with Gasteiger partial charge in [0.05, 0.1) is 5.69 Å². The number of rotatable bonds is 4. The van der Waals surface area contributed by atoms with Gasteiger partial charge in [0.25, 0.3) is 0 Å². The summed E-state index contributed by atoms with van der Waals surface area (Å²) in [5.74, 6) is -0.889. The summed E-state index contributed by atoms with van der Waals surface area (Å²) in [6, 6.07) is 8.44. The Kier molecular flexibility index (Phi) is 3.69. The van der Waals surface area contributed by atoms with Crippen molar-refractivity contribution in [3.63, 3.8) is 0 Å². The third-order valence-electron chi connectivity index (χ3n) is 3.42. The average molecular weight is 258 g/mol. The van der Waals surface area contributed by atoms with E-state index in [1.54, 1.807) is 4.68 Å². The molecule has 0 saturated heterocycles. The van der Waals surface area contributed by atoms with Crippen LogP contribution in [0.25, 0.3) is 0 Å². The molecule has 1 heterocycles. The first-order valence-corrected chi connectivity index (χ1v) is 6.38. The largest absolute Gasteiger partial charge is 0.479 e. The summed E-state index contributed by atoms with van der Waals surface area (Å²) in [5, 5.41) is 13.9. The number of carboxylic acids is 1. The highest BCUT2D eigenvalue weighted by atomic mass is 16.4. The lowest BCUT2D eigenvalue weighted by atomic mass is 10.1. The van der Waals surface area contributed by atoms with Gasteiger partial charge in [0.1, 0.15) is 0 Å². The van der Waals surface area contributed by atoms with E-state index in [-0.39, 0.29) is 0 Å². The van der Waals surface area contributed by atoms with E-state index in [1.165, 1.54) is 0 Å². The van der Waals surface area contributed by atoms with Gasteiger partial charge in [0, 0.05) is 5.69 Å². The minimum Gasteiger partial charge on any atom is -0.479 e. The molecule has 0 amide bonds. The monoisotopic (exact) mass is 258 g/mol. The molecule has 19 heavy (non-hydrogen) atoms. The number of aryl methyl sites for hydroxylation is 1. The second kappa shape index (κ2) is 5.26. The summed E-state index contributed by atoms with van der Waals surface area (Å²) in [6.07, 6.45) is 0.860. The topological polar surface area (TPSA) is 55.1 Å². The quantitative estimate of drug-likeness (QED) is 0.917. The Labute approximate surface area is 112 Å². The number of aliphatic carboxylic acids is 1. The van der Waals surface area contributed by atoms with Gasteiger partial charge in [-0.05, 0) is 31.4 Å². The van der Waals surface area contributed by atoms with Crippen molar-refractivity contribution < 1.29 is 9.90 Å². The summed E-state index contributed by atoms with van der Waals surface area (Å²) < 4.78 is 1.62. The van der Waals surface area contributed by atoms with Crippen molar-refractivity contribution in [1.82, 2.24) is 9.78 Å². The number of hydrogen-bond acceptors (Lipinski definition) is 2. The molecule has 0 aliphatic heterocycles.